The van der Waals surface area contributed by atoms with Crippen molar-refractivity contribution in [2.75, 3.05) is 0 Å². The minimum atomic E-state index is 0.0243. The van der Waals surface area contributed by atoms with Gasteiger partial charge in [0.2, 0.25) is 0 Å². The molecule has 0 heterocycles. The average Bonchev–Trinajstić information content (AvgIpc) is 1.97. The summed E-state index contributed by atoms with van der Waals surface area (Å²) in [7, 11) is 0. The Morgan fingerprint density at radius 1 is 1.58 bits per heavy atom. The van der Waals surface area contributed by atoms with Crippen molar-refractivity contribution in [2.24, 2.45) is 11.8 Å². The number of ketones is 2. The zero-order chi connectivity index (χ0) is 9.14. The third-order valence-corrected chi connectivity index (χ3v) is 2.69. The molecule has 0 aromatic carbocycles. The Labute approximate surface area is 73.3 Å². The summed E-state index contributed by atoms with van der Waals surface area (Å²) in [5.74, 6) is 0.873. The van der Waals surface area contributed by atoms with E-state index >= 15 is 0 Å². The molecule has 0 saturated heterocycles. The monoisotopic (exact) mass is 168 g/mol. The van der Waals surface area contributed by atoms with Gasteiger partial charge in [-0.3, -0.25) is 4.79 Å². The van der Waals surface area contributed by atoms with Gasteiger partial charge in [-0.05, 0) is 25.7 Å². The number of carbonyl (C=O) groups excluding carboxylic acids is 2. The third kappa shape index (κ3) is 2.16. The van der Waals surface area contributed by atoms with Crippen LogP contribution in [-0.4, -0.2) is 11.6 Å². The van der Waals surface area contributed by atoms with Crippen LogP contribution >= 0.6 is 0 Å². The first kappa shape index (κ1) is 9.43. The summed E-state index contributed by atoms with van der Waals surface area (Å²) in [6.07, 6.45) is 3.25. The van der Waals surface area contributed by atoms with Crippen molar-refractivity contribution in [1.82, 2.24) is 0 Å². The van der Waals surface area contributed by atoms with E-state index in [2.05, 4.69) is 6.92 Å². The van der Waals surface area contributed by atoms with Crippen molar-refractivity contribution >= 4 is 11.6 Å². The van der Waals surface area contributed by atoms with Gasteiger partial charge in [0, 0.05) is 18.8 Å². The molecule has 0 bridgehead atoms. The molecule has 2 heteroatoms. The molecule has 1 rings (SSSR count). The van der Waals surface area contributed by atoms with Crippen LogP contribution in [0.4, 0.5) is 0 Å². The lowest BCUT2D eigenvalue weighted by Crippen LogP contribution is -2.28. The van der Waals surface area contributed by atoms with E-state index in [4.69, 9.17) is 0 Å². The fourth-order valence-electron chi connectivity index (χ4n) is 1.93. The van der Waals surface area contributed by atoms with Gasteiger partial charge in [0.1, 0.15) is 11.6 Å². The largest absolute Gasteiger partial charge is 0.300 e. The molecule has 0 unspecified atom stereocenters. The molecule has 0 N–H and O–H groups in total. The zero-order valence-electron chi connectivity index (χ0n) is 7.80. The Bertz CT molecular complexity index is 196. The Morgan fingerprint density at radius 2 is 2.25 bits per heavy atom. The number of carbonyl (C=O) groups is 2. The van der Waals surface area contributed by atoms with Crippen LogP contribution < -0.4 is 0 Å². The van der Waals surface area contributed by atoms with Crippen molar-refractivity contribution in [1.29, 1.82) is 0 Å². The standard InChI is InChI=1S/C10H16O2/c1-7-4-3-5-10(12)9(7)6-8(2)11/h7,9H,3-6H2,1-2H3/t7-,9+/m1/s1. The van der Waals surface area contributed by atoms with Crippen LogP contribution in [-0.2, 0) is 9.59 Å². The van der Waals surface area contributed by atoms with Gasteiger partial charge in [0.15, 0.2) is 0 Å². The lowest BCUT2D eigenvalue weighted by Gasteiger charge is -2.26. The van der Waals surface area contributed by atoms with Gasteiger partial charge in [0.25, 0.3) is 0 Å². The molecule has 0 radical (unpaired) electrons. The van der Waals surface area contributed by atoms with Crippen molar-refractivity contribution in [3.63, 3.8) is 0 Å². The molecule has 0 amide bonds. The van der Waals surface area contributed by atoms with Crippen LogP contribution in [0.15, 0.2) is 0 Å². The lowest BCUT2D eigenvalue weighted by atomic mass is 9.77. The van der Waals surface area contributed by atoms with Gasteiger partial charge >= 0.3 is 0 Å². The Hall–Kier alpha value is -0.660. The molecule has 1 fully saturated rings. The minimum Gasteiger partial charge on any atom is -0.300 e. The summed E-state index contributed by atoms with van der Waals surface area (Å²) in [6.45, 7) is 3.64. The SMILES string of the molecule is CC(=O)C[C@@H]1C(=O)CCC[C@H]1C. The molecular formula is C10H16O2. The van der Waals surface area contributed by atoms with Gasteiger partial charge in [0.05, 0.1) is 0 Å². The van der Waals surface area contributed by atoms with Gasteiger partial charge < -0.3 is 4.79 Å². The van der Waals surface area contributed by atoms with Crippen LogP contribution in [0.3, 0.4) is 0 Å². The highest BCUT2D eigenvalue weighted by atomic mass is 16.1. The Morgan fingerprint density at radius 3 is 2.75 bits per heavy atom. The van der Waals surface area contributed by atoms with E-state index in [1.807, 2.05) is 0 Å². The zero-order valence-corrected chi connectivity index (χ0v) is 7.80. The summed E-state index contributed by atoms with van der Waals surface area (Å²) >= 11 is 0. The van der Waals surface area contributed by atoms with Crippen LogP contribution in [0.25, 0.3) is 0 Å². The predicted octanol–water partition coefficient (Wildman–Crippen LogP) is 1.97. The Balaban J connectivity index is 2.57. The first-order chi connectivity index (χ1) is 5.61. The highest BCUT2D eigenvalue weighted by Crippen LogP contribution is 2.29. The summed E-state index contributed by atoms with van der Waals surface area (Å²) < 4.78 is 0. The molecule has 2 atom stereocenters. The molecule has 1 aliphatic carbocycles. The quantitative estimate of drug-likeness (QED) is 0.631. The molecule has 0 aliphatic heterocycles. The topological polar surface area (TPSA) is 34.1 Å². The smallest absolute Gasteiger partial charge is 0.136 e. The minimum absolute atomic E-state index is 0.0243. The molecule has 0 aromatic rings. The number of hydrogen-bond acceptors (Lipinski definition) is 2. The molecule has 2 nitrogen and oxygen atoms in total. The van der Waals surface area contributed by atoms with Crippen molar-refractivity contribution in [3.05, 3.63) is 0 Å². The van der Waals surface area contributed by atoms with Crippen molar-refractivity contribution in [3.8, 4) is 0 Å². The predicted molar refractivity (Wildman–Crippen MR) is 46.8 cm³/mol. The van der Waals surface area contributed by atoms with Gasteiger partial charge in [-0.25, -0.2) is 0 Å². The first-order valence-electron chi connectivity index (χ1n) is 4.63. The number of rotatable bonds is 2. The molecule has 0 aromatic heterocycles. The Kier molecular flexibility index (Phi) is 3.01. The summed E-state index contributed by atoms with van der Waals surface area (Å²) in [5.41, 5.74) is 0. The molecule has 12 heavy (non-hydrogen) atoms. The maximum Gasteiger partial charge on any atom is 0.136 e. The molecule has 68 valence electrons. The van der Waals surface area contributed by atoms with Crippen LogP contribution in [0.1, 0.15) is 39.5 Å². The van der Waals surface area contributed by atoms with Crippen molar-refractivity contribution in [2.45, 2.75) is 39.5 Å². The summed E-state index contributed by atoms with van der Waals surface area (Å²) in [5, 5.41) is 0. The van der Waals surface area contributed by atoms with Crippen LogP contribution in [0, 0.1) is 11.8 Å². The van der Waals surface area contributed by atoms with Gasteiger partial charge in [-0.1, -0.05) is 6.92 Å². The van der Waals surface area contributed by atoms with E-state index in [-0.39, 0.29) is 11.7 Å². The molecule has 0 spiro atoms. The first-order valence-corrected chi connectivity index (χ1v) is 4.63. The van der Waals surface area contributed by atoms with E-state index in [1.54, 1.807) is 6.92 Å². The third-order valence-electron chi connectivity index (χ3n) is 2.69. The normalized spacial score (nSPS) is 30.3. The summed E-state index contributed by atoms with van der Waals surface area (Å²) in [4.78, 5) is 22.2. The number of hydrogen-bond donors (Lipinski definition) is 0. The van der Waals surface area contributed by atoms with Crippen LogP contribution in [0.2, 0.25) is 0 Å². The summed E-state index contributed by atoms with van der Waals surface area (Å²) in [6, 6.07) is 0. The second kappa shape index (κ2) is 3.83. The van der Waals surface area contributed by atoms with Crippen molar-refractivity contribution < 1.29 is 9.59 Å². The maximum atomic E-state index is 11.4. The highest BCUT2D eigenvalue weighted by molar-refractivity contribution is 5.87. The molecular weight excluding hydrogens is 152 g/mol. The maximum absolute atomic E-state index is 11.4. The van der Waals surface area contributed by atoms with E-state index in [0.29, 0.717) is 24.5 Å². The second-order valence-corrected chi connectivity index (χ2v) is 3.85. The fraction of sp³-hybridized carbons (Fsp3) is 0.800. The van der Waals surface area contributed by atoms with Gasteiger partial charge in [-0.15, -0.1) is 0 Å². The van der Waals surface area contributed by atoms with E-state index in [9.17, 15) is 9.59 Å². The van der Waals surface area contributed by atoms with E-state index in [0.717, 1.165) is 12.8 Å². The highest BCUT2D eigenvalue weighted by Gasteiger charge is 2.29. The average molecular weight is 168 g/mol. The lowest BCUT2D eigenvalue weighted by molar-refractivity contribution is -0.130. The fourth-order valence-corrected chi connectivity index (χ4v) is 1.93. The van der Waals surface area contributed by atoms with Gasteiger partial charge in [-0.2, -0.15) is 0 Å². The van der Waals surface area contributed by atoms with E-state index in [1.165, 1.54) is 0 Å². The molecule has 1 aliphatic rings. The van der Waals surface area contributed by atoms with E-state index < -0.39 is 0 Å². The van der Waals surface area contributed by atoms with Crippen LogP contribution in [0.5, 0.6) is 0 Å². The molecule has 1 saturated carbocycles. The second-order valence-electron chi connectivity index (χ2n) is 3.85. The number of Topliss-reactive ketones (excluding diaryl/α,β-unsaturated/α-hetero) is 2.